The Morgan fingerprint density at radius 1 is 1.14 bits per heavy atom. The van der Waals surface area contributed by atoms with Gasteiger partial charge in [-0.3, -0.25) is 0 Å². The number of pyridine rings is 1. The maximum atomic E-state index is 4.94. The third-order valence-electron chi connectivity index (χ3n) is 4.05. The minimum Gasteiger partial charge on any atom is -0.354 e. The first-order chi connectivity index (χ1) is 9.90. The first kappa shape index (κ1) is 16.2. The molecule has 0 aliphatic carbocycles. The van der Waals surface area contributed by atoms with E-state index in [1.54, 1.807) is 0 Å². The molecule has 0 amide bonds. The number of rotatable bonds is 4. The smallest absolute Gasteiger partial charge is 0.129 e. The fourth-order valence-corrected chi connectivity index (χ4v) is 2.52. The molecule has 2 heterocycles. The van der Waals surface area contributed by atoms with Gasteiger partial charge < -0.3 is 15.1 Å². The lowest BCUT2D eigenvalue weighted by Gasteiger charge is -2.34. The molecule has 1 aromatic heterocycles. The Labute approximate surface area is 129 Å². The number of nitrogens with one attached hydrogen (secondary N) is 1. The monoisotopic (exact) mass is 290 g/mol. The van der Waals surface area contributed by atoms with Gasteiger partial charge in [0.2, 0.25) is 0 Å². The normalized spacial score (nSPS) is 17.3. The molecule has 1 aromatic rings. The van der Waals surface area contributed by atoms with Crippen LogP contribution in [0.4, 0.5) is 5.82 Å². The second kappa shape index (κ2) is 6.75. The molecule has 0 unspecified atom stereocenters. The molecule has 4 heteroatoms. The van der Waals surface area contributed by atoms with E-state index in [0.29, 0.717) is 0 Å². The molecule has 0 atom stereocenters. The summed E-state index contributed by atoms with van der Waals surface area (Å²) >= 11 is 0. The van der Waals surface area contributed by atoms with Crippen molar-refractivity contribution in [2.24, 2.45) is 0 Å². The third kappa shape index (κ3) is 4.42. The zero-order chi connectivity index (χ0) is 15.5. The summed E-state index contributed by atoms with van der Waals surface area (Å²) in [7, 11) is 2.19. The second-order valence-corrected chi connectivity index (χ2v) is 7.04. The Balaban J connectivity index is 2.26. The molecule has 0 saturated carbocycles. The van der Waals surface area contributed by atoms with Gasteiger partial charge in [0.15, 0.2) is 0 Å². The van der Waals surface area contributed by atoms with Crippen LogP contribution in [0.2, 0.25) is 0 Å². The molecule has 0 aromatic carbocycles. The van der Waals surface area contributed by atoms with Crippen LogP contribution < -0.4 is 10.2 Å². The highest BCUT2D eigenvalue weighted by atomic mass is 15.3. The summed E-state index contributed by atoms with van der Waals surface area (Å²) in [5, 5.41) is 3.43. The van der Waals surface area contributed by atoms with Gasteiger partial charge >= 0.3 is 0 Å². The Bertz CT molecular complexity index is 456. The first-order valence-corrected chi connectivity index (χ1v) is 8.06. The highest BCUT2D eigenvalue weighted by molar-refractivity contribution is 5.44. The van der Waals surface area contributed by atoms with Crippen LogP contribution in [0.25, 0.3) is 0 Å². The van der Waals surface area contributed by atoms with Crippen LogP contribution in [0.1, 0.15) is 39.0 Å². The molecule has 1 N–H and O–H groups in total. The summed E-state index contributed by atoms with van der Waals surface area (Å²) in [4.78, 5) is 9.74. The Morgan fingerprint density at radius 2 is 1.81 bits per heavy atom. The van der Waals surface area contributed by atoms with E-state index in [-0.39, 0.29) is 5.41 Å². The van der Waals surface area contributed by atoms with Crippen LogP contribution in [0, 0.1) is 0 Å². The van der Waals surface area contributed by atoms with Gasteiger partial charge in [-0.25, -0.2) is 4.98 Å². The lowest BCUT2D eigenvalue weighted by Crippen LogP contribution is -2.45. The molecule has 0 bridgehead atoms. The van der Waals surface area contributed by atoms with Gasteiger partial charge in [-0.15, -0.1) is 0 Å². The van der Waals surface area contributed by atoms with E-state index in [2.05, 4.69) is 62.0 Å². The molecule has 118 valence electrons. The maximum absolute atomic E-state index is 4.94. The van der Waals surface area contributed by atoms with Crippen LogP contribution in [-0.2, 0) is 12.0 Å². The average Bonchev–Trinajstić information content (AvgIpc) is 2.44. The van der Waals surface area contributed by atoms with E-state index in [9.17, 15) is 0 Å². The molecule has 1 saturated heterocycles. The first-order valence-electron chi connectivity index (χ1n) is 8.06. The van der Waals surface area contributed by atoms with Crippen molar-refractivity contribution in [1.82, 2.24) is 15.2 Å². The standard InChI is InChI=1S/C17H30N4/c1-6-18-13-14-11-15(17(2,3)4)19-16(12-14)21-9-7-20(5)8-10-21/h11-12,18H,6-10,13H2,1-5H3. The largest absolute Gasteiger partial charge is 0.354 e. The lowest BCUT2D eigenvalue weighted by atomic mass is 9.90. The van der Waals surface area contributed by atoms with Crippen LogP contribution in [-0.4, -0.2) is 49.7 Å². The average molecular weight is 290 g/mol. The number of piperazine rings is 1. The molecule has 1 aliphatic heterocycles. The van der Waals surface area contributed by atoms with Crippen molar-refractivity contribution in [3.05, 3.63) is 23.4 Å². The van der Waals surface area contributed by atoms with E-state index < -0.39 is 0 Å². The molecule has 4 nitrogen and oxygen atoms in total. The highest BCUT2D eigenvalue weighted by Gasteiger charge is 2.21. The SMILES string of the molecule is CCNCc1cc(N2CCN(C)CC2)nc(C(C)(C)C)c1. The predicted molar refractivity (Wildman–Crippen MR) is 90.0 cm³/mol. The van der Waals surface area contributed by atoms with Gasteiger partial charge in [-0.05, 0) is 31.3 Å². The van der Waals surface area contributed by atoms with Crippen molar-refractivity contribution < 1.29 is 0 Å². The van der Waals surface area contributed by atoms with Crippen molar-refractivity contribution in [3.63, 3.8) is 0 Å². The van der Waals surface area contributed by atoms with Gasteiger partial charge in [0, 0.05) is 43.8 Å². The van der Waals surface area contributed by atoms with Gasteiger partial charge in [0.1, 0.15) is 5.82 Å². The summed E-state index contributed by atoms with van der Waals surface area (Å²) in [5.41, 5.74) is 2.61. The number of anilines is 1. The summed E-state index contributed by atoms with van der Waals surface area (Å²) in [6, 6.07) is 4.51. The summed E-state index contributed by atoms with van der Waals surface area (Å²) in [6.07, 6.45) is 0. The fraction of sp³-hybridized carbons (Fsp3) is 0.706. The Kier molecular flexibility index (Phi) is 5.22. The Morgan fingerprint density at radius 3 is 2.38 bits per heavy atom. The van der Waals surface area contributed by atoms with E-state index in [0.717, 1.165) is 45.1 Å². The third-order valence-corrected chi connectivity index (χ3v) is 4.05. The highest BCUT2D eigenvalue weighted by Crippen LogP contribution is 2.25. The molecule has 21 heavy (non-hydrogen) atoms. The Hall–Kier alpha value is -1.13. The summed E-state index contributed by atoms with van der Waals surface area (Å²) in [5.74, 6) is 1.14. The molecule has 2 rings (SSSR count). The molecule has 0 radical (unpaired) electrons. The van der Waals surface area contributed by atoms with Gasteiger partial charge in [0.05, 0.1) is 0 Å². The molecule has 1 fully saturated rings. The maximum Gasteiger partial charge on any atom is 0.129 e. The van der Waals surface area contributed by atoms with Gasteiger partial charge in [0.25, 0.3) is 0 Å². The minimum atomic E-state index is 0.0869. The van der Waals surface area contributed by atoms with Crippen molar-refractivity contribution in [1.29, 1.82) is 0 Å². The second-order valence-electron chi connectivity index (χ2n) is 7.04. The van der Waals surface area contributed by atoms with Crippen LogP contribution in [0.15, 0.2) is 12.1 Å². The van der Waals surface area contributed by atoms with E-state index in [1.165, 1.54) is 11.3 Å². The number of nitrogens with zero attached hydrogens (tertiary/aromatic N) is 3. The molecule has 0 spiro atoms. The van der Waals surface area contributed by atoms with Gasteiger partial charge in [-0.2, -0.15) is 0 Å². The number of hydrogen-bond donors (Lipinski definition) is 1. The van der Waals surface area contributed by atoms with E-state index in [1.807, 2.05) is 0 Å². The molecular weight excluding hydrogens is 260 g/mol. The van der Waals surface area contributed by atoms with Crippen molar-refractivity contribution in [2.75, 3.05) is 44.7 Å². The van der Waals surface area contributed by atoms with Crippen LogP contribution >= 0.6 is 0 Å². The number of likely N-dealkylation sites (N-methyl/N-ethyl adjacent to an activating group) is 1. The van der Waals surface area contributed by atoms with Crippen LogP contribution in [0.3, 0.4) is 0 Å². The topological polar surface area (TPSA) is 31.4 Å². The van der Waals surface area contributed by atoms with Crippen LogP contribution in [0.5, 0.6) is 0 Å². The van der Waals surface area contributed by atoms with E-state index in [4.69, 9.17) is 4.98 Å². The lowest BCUT2D eigenvalue weighted by molar-refractivity contribution is 0.312. The molecular formula is C17H30N4. The fourth-order valence-electron chi connectivity index (χ4n) is 2.52. The summed E-state index contributed by atoms with van der Waals surface area (Å²) < 4.78 is 0. The van der Waals surface area contributed by atoms with Crippen molar-refractivity contribution in [3.8, 4) is 0 Å². The zero-order valence-corrected chi connectivity index (χ0v) is 14.2. The molecule has 1 aliphatic rings. The summed E-state index contributed by atoms with van der Waals surface area (Å²) in [6.45, 7) is 15.1. The van der Waals surface area contributed by atoms with E-state index >= 15 is 0 Å². The number of aromatic nitrogens is 1. The van der Waals surface area contributed by atoms with Crippen molar-refractivity contribution >= 4 is 5.82 Å². The quantitative estimate of drug-likeness (QED) is 0.921. The van der Waals surface area contributed by atoms with Gasteiger partial charge in [-0.1, -0.05) is 27.7 Å². The zero-order valence-electron chi connectivity index (χ0n) is 14.2. The predicted octanol–water partition coefficient (Wildman–Crippen LogP) is 2.24. The minimum absolute atomic E-state index is 0.0869. The van der Waals surface area contributed by atoms with Crippen molar-refractivity contribution in [2.45, 2.75) is 39.7 Å². The number of hydrogen-bond acceptors (Lipinski definition) is 4.